The number of ether oxygens (including phenoxy) is 1. The first-order valence-electron chi connectivity index (χ1n) is 6.01. The molecular formula is C15H13F3O2. The number of aliphatic hydroxyl groups excluding tert-OH is 1. The number of halogens is 3. The fraction of sp³-hybridized carbons (Fsp3) is 0.200. The zero-order chi connectivity index (χ0) is 14.7. The van der Waals surface area contributed by atoms with Crippen LogP contribution in [0.3, 0.4) is 0 Å². The average molecular weight is 282 g/mol. The van der Waals surface area contributed by atoms with E-state index in [1.165, 1.54) is 19.1 Å². The van der Waals surface area contributed by atoms with Crippen molar-refractivity contribution in [2.24, 2.45) is 0 Å². The van der Waals surface area contributed by atoms with Gasteiger partial charge in [0, 0.05) is 17.2 Å². The van der Waals surface area contributed by atoms with Crippen molar-refractivity contribution < 1.29 is 23.0 Å². The molecule has 0 aliphatic carbocycles. The number of hydrogen-bond donors (Lipinski definition) is 1. The number of hydrogen-bond acceptors (Lipinski definition) is 2. The van der Waals surface area contributed by atoms with Gasteiger partial charge < -0.3 is 9.84 Å². The molecule has 0 radical (unpaired) electrons. The molecule has 2 aromatic rings. The second kappa shape index (κ2) is 5.96. The van der Waals surface area contributed by atoms with Crippen molar-refractivity contribution in [1.29, 1.82) is 0 Å². The summed E-state index contributed by atoms with van der Waals surface area (Å²) >= 11 is 0. The van der Waals surface area contributed by atoms with Crippen molar-refractivity contribution in [3.63, 3.8) is 0 Å². The Kier molecular flexibility index (Phi) is 4.29. The Balaban J connectivity index is 2.22. The molecule has 0 heterocycles. The summed E-state index contributed by atoms with van der Waals surface area (Å²) in [5, 5.41) is 9.55. The highest BCUT2D eigenvalue weighted by Gasteiger charge is 2.12. The van der Waals surface area contributed by atoms with Crippen molar-refractivity contribution in [3.8, 4) is 5.75 Å². The summed E-state index contributed by atoms with van der Waals surface area (Å²) in [4.78, 5) is 0. The minimum absolute atomic E-state index is 0.0193. The number of rotatable bonds is 4. The van der Waals surface area contributed by atoms with E-state index in [4.69, 9.17) is 4.74 Å². The summed E-state index contributed by atoms with van der Waals surface area (Å²) in [6, 6.07) is 6.68. The highest BCUT2D eigenvalue weighted by atomic mass is 19.1. The second-order valence-electron chi connectivity index (χ2n) is 4.38. The summed E-state index contributed by atoms with van der Waals surface area (Å²) in [6.45, 7) is 1.25. The molecule has 5 heteroatoms. The zero-order valence-corrected chi connectivity index (χ0v) is 10.7. The summed E-state index contributed by atoms with van der Waals surface area (Å²) in [7, 11) is 0. The predicted octanol–water partition coefficient (Wildman–Crippen LogP) is 3.74. The molecule has 1 atom stereocenters. The molecular weight excluding hydrogens is 269 g/mol. The van der Waals surface area contributed by atoms with Crippen LogP contribution in [0.15, 0.2) is 36.4 Å². The third-order valence-corrected chi connectivity index (χ3v) is 2.82. The minimum Gasteiger partial charge on any atom is -0.488 e. The first-order valence-corrected chi connectivity index (χ1v) is 6.01. The van der Waals surface area contributed by atoms with Gasteiger partial charge in [-0.15, -0.1) is 0 Å². The molecule has 1 N–H and O–H groups in total. The van der Waals surface area contributed by atoms with Crippen LogP contribution in [0.4, 0.5) is 13.2 Å². The Morgan fingerprint density at radius 2 is 1.70 bits per heavy atom. The van der Waals surface area contributed by atoms with Crippen molar-refractivity contribution in [1.82, 2.24) is 0 Å². The van der Waals surface area contributed by atoms with Gasteiger partial charge >= 0.3 is 0 Å². The molecule has 0 unspecified atom stereocenters. The number of aliphatic hydroxyl groups is 1. The van der Waals surface area contributed by atoms with E-state index in [9.17, 15) is 18.3 Å². The molecule has 0 bridgehead atoms. The lowest BCUT2D eigenvalue weighted by molar-refractivity contribution is 0.189. The maximum Gasteiger partial charge on any atom is 0.130 e. The molecule has 2 aromatic carbocycles. The first-order chi connectivity index (χ1) is 9.47. The molecule has 106 valence electrons. The lowest BCUT2D eigenvalue weighted by Gasteiger charge is -2.14. The van der Waals surface area contributed by atoms with Crippen molar-refractivity contribution in [2.45, 2.75) is 19.6 Å². The monoisotopic (exact) mass is 282 g/mol. The van der Waals surface area contributed by atoms with Gasteiger partial charge in [0.15, 0.2) is 0 Å². The van der Waals surface area contributed by atoms with Gasteiger partial charge in [-0.05, 0) is 37.3 Å². The van der Waals surface area contributed by atoms with E-state index in [-0.39, 0.29) is 17.9 Å². The zero-order valence-electron chi connectivity index (χ0n) is 10.7. The third-order valence-electron chi connectivity index (χ3n) is 2.82. The van der Waals surface area contributed by atoms with Crippen LogP contribution in [-0.4, -0.2) is 5.11 Å². The quantitative estimate of drug-likeness (QED) is 0.925. The lowest BCUT2D eigenvalue weighted by Crippen LogP contribution is -2.03. The standard InChI is InChI=1S/C15H13F3O2/c1-9(19)13-4-2-12(17)7-15(13)20-8-10-6-11(16)3-5-14(10)18/h2-7,9,19H,8H2,1H3/t9-/m1/s1. The second-order valence-corrected chi connectivity index (χ2v) is 4.38. The van der Waals surface area contributed by atoms with Gasteiger partial charge in [0.05, 0.1) is 6.10 Å². The van der Waals surface area contributed by atoms with Gasteiger partial charge in [0.1, 0.15) is 29.8 Å². The van der Waals surface area contributed by atoms with E-state index in [1.807, 2.05) is 0 Å². The molecule has 0 aliphatic rings. The fourth-order valence-electron chi connectivity index (χ4n) is 1.79. The molecule has 0 saturated heterocycles. The van der Waals surface area contributed by atoms with Crippen molar-refractivity contribution in [3.05, 3.63) is 65.0 Å². The summed E-state index contributed by atoms with van der Waals surface area (Å²) in [6.07, 6.45) is -0.858. The van der Waals surface area contributed by atoms with Crippen LogP contribution in [0.2, 0.25) is 0 Å². The van der Waals surface area contributed by atoms with Gasteiger partial charge in [-0.3, -0.25) is 0 Å². The predicted molar refractivity (Wildman–Crippen MR) is 67.7 cm³/mol. The number of benzene rings is 2. The highest BCUT2D eigenvalue weighted by Crippen LogP contribution is 2.27. The van der Waals surface area contributed by atoms with E-state index < -0.39 is 23.6 Å². The van der Waals surface area contributed by atoms with Crippen LogP contribution < -0.4 is 4.74 Å². The van der Waals surface area contributed by atoms with Crippen LogP contribution in [0.1, 0.15) is 24.2 Å². The third kappa shape index (κ3) is 3.30. The van der Waals surface area contributed by atoms with Crippen LogP contribution in [-0.2, 0) is 6.61 Å². The molecule has 2 nitrogen and oxygen atoms in total. The largest absolute Gasteiger partial charge is 0.488 e. The molecule has 0 spiro atoms. The topological polar surface area (TPSA) is 29.5 Å². The van der Waals surface area contributed by atoms with E-state index in [0.717, 1.165) is 24.3 Å². The normalized spacial score (nSPS) is 12.2. The van der Waals surface area contributed by atoms with Gasteiger partial charge in [-0.2, -0.15) is 0 Å². The smallest absolute Gasteiger partial charge is 0.130 e. The Morgan fingerprint density at radius 3 is 2.40 bits per heavy atom. The maximum absolute atomic E-state index is 13.4. The maximum atomic E-state index is 13.4. The minimum atomic E-state index is -0.858. The van der Waals surface area contributed by atoms with Crippen LogP contribution in [0.25, 0.3) is 0 Å². The lowest BCUT2D eigenvalue weighted by atomic mass is 10.1. The first kappa shape index (κ1) is 14.4. The molecule has 0 saturated carbocycles. The summed E-state index contributed by atoms with van der Waals surface area (Å²) in [5.41, 5.74) is 0.397. The average Bonchev–Trinajstić information content (AvgIpc) is 2.39. The molecule has 0 aromatic heterocycles. The molecule has 2 rings (SSSR count). The molecule has 20 heavy (non-hydrogen) atoms. The van der Waals surface area contributed by atoms with Crippen molar-refractivity contribution in [2.75, 3.05) is 0 Å². The Bertz CT molecular complexity index is 612. The SMILES string of the molecule is C[C@@H](O)c1ccc(F)cc1OCc1cc(F)ccc1F. The van der Waals surface area contributed by atoms with E-state index in [0.29, 0.717) is 5.56 Å². The summed E-state index contributed by atoms with van der Waals surface area (Å²) < 4.78 is 44.9. The Labute approximate surface area is 114 Å². The fourth-order valence-corrected chi connectivity index (χ4v) is 1.79. The summed E-state index contributed by atoms with van der Waals surface area (Å²) in [5.74, 6) is -1.63. The van der Waals surface area contributed by atoms with Gasteiger partial charge in [0.25, 0.3) is 0 Å². The van der Waals surface area contributed by atoms with E-state index in [1.54, 1.807) is 0 Å². The highest BCUT2D eigenvalue weighted by molar-refractivity contribution is 5.35. The van der Waals surface area contributed by atoms with E-state index in [2.05, 4.69) is 0 Å². The van der Waals surface area contributed by atoms with Crippen molar-refractivity contribution >= 4 is 0 Å². The molecule has 0 amide bonds. The molecule has 0 aliphatic heterocycles. The Morgan fingerprint density at radius 1 is 1.05 bits per heavy atom. The van der Waals surface area contributed by atoms with Gasteiger partial charge in [0.2, 0.25) is 0 Å². The molecule has 0 fully saturated rings. The van der Waals surface area contributed by atoms with Crippen LogP contribution in [0.5, 0.6) is 5.75 Å². The van der Waals surface area contributed by atoms with Gasteiger partial charge in [-0.1, -0.05) is 0 Å². The van der Waals surface area contributed by atoms with Gasteiger partial charge in [-0.25, -0.2) is 13.2 Å². The van der Waals surface area contributed by atoms with Crippen LogP contribution in [0, 0.1) is 17.5 Å². The van der Waals surface area contributed by atoms with Crippen LogP contribution >= 0.6 is 0 Å². The van der Waals surface area contributed by atoms with E-state index >= 15 is 0 Å². The Hall–Kier alpha value is -2.01.